The minimum Gasteiger partial charge on any atom is -0.481 e. The van der Waals surface area contributed by atoms with Gasteiger partial charge < -0.3 is 14.7 Å². The molecule has 0 saturated carbocycles. The predicted octanol–water partition coefficient (Wildman–Crippen LogP) is 1.20. The third-order valence-electron chi connectivity index (χ3n) is 4.12. The van der Waals surface area contributed by atoms with E-state index in [0.717, 1.165) is 11.4 Å². The Morgan fingerprint density at radius 3 is 2.76 bits per heavy atom. The van der Waals surface area contributed by atoms with Crippen LogP contribution in [0.3, 0.4) is 0 Å². The standard InChI is InChI=1S/C17H20N4O4/c1-11-7-12(2)21(19-11)15-4-3-13(9-18-15)17(24)20-5-6-25-10-14(20)8-16(22)23/h3-4,7,9,14H,5-6,8,10H2,1-2H3,(H,22,23). The number of morpholine rings is 1. The molecule has 1 aliphatic heterocycles. The van der Waals surface area contributed by atoms with Crippen LogP contribution in [0, 0.1) is 13.8 Å². The number of ether oxygens (including phenoxy) is 1. The van der Waals surface area contributed by atoms with Crippen molar-refractivity contribution in [3.8, 4) is 5.82 Å². The van der Waals surface area contributed by atoms with Crippen molar-refractivity contribution in [1.29, 1.82) is 0 Å². The third kappa shape index (κ3) is 3.69. The molecule has 2 aromatic heterocycles. The van der Waals surface area contributed by atoms with E-state index in [1.165, 1.54) is 6.20 Å². The molecule has 0 aliphatic carbocycles. The minimum atomic E-state index is -0.952. The molecular weight excluding hydrogens is 324 g/mol. The number of aliphatic carboxylic acids is 1. The van der Waals surface area contributed by atoms with Crippen molar-refractivity contribution in [1.82, 2.24) is 19.7 Å². The summed E-state index contributed by atoms with van der Waals surface area (Å²) in [5.41, 5.74) is 2.27. The van der Waals surface area contributed by atoms with Gasteiger partial charge in [0.05, 0.1) is 36.9 Å². The van der Waals surface area contributed by atoms with Crippen LogP contribution in [-0.2, 0) is 9.53 Å². The maximum Gasteiger partial charge on any atom is 0.305 e. The van der Waals surface area contributed by atoms with Crippen LogP contribution < -0.4 is 0 Å². The first kappa shape index (κ1) is 17.1. The number of hydrogen-bond donors (Lipinski definition) is 1. The highest BCUT2D eigenvalue weighted by Gasteiger charge is 2.30. The number of carboxylic acids is 1. The highest BCUT2D eigenvalue weighted by molar-refractivity contribution is 5.94. The zero-order valence-electron chi connectivity index (χ0n) is 14.2. The van der Waals surface area contributed by atoms with E-state index in [9.17, 15) is 9.59 Å². The second-order valence-electron chi connectivity index (χ2n) is 6.07. The van der Waals surface area contributed by atoms with Crippen molar-refractivity contribution in [3.63, 3.8) is 0 Å². The zero-order valence-corrected chi connectivity index (χ0v) is 14.2. The van der Waals surface area contributed by atoms with E-state index in [1.54, 1.807) is 21.7 Å². The quantitative estimate of drug-likeness (QED) is 0.895. The molecule has 1 atom stereocenters. The molecule has 2 aromatic rings. The van der Waals surface area contributed by atoms with E-state index in [1.807, 2.05) is 19.9 Å². The van der Waals surface area contributed by atoms with Gasteiger partial charge in [-0.15, -0.1) is 0 Å². The van der Waals surface area contributed by atoms with Gasteiger partial charge in [0.2, 0.25) is 0 Å². The zero-order chi connectivity index (χ0) is 18.0. The van der Waals surface area contributed by atoms with Crippen molar-refractivity contribution in [3.05, 3.63) is 41.3 Å². The number of hydrogen-bond acceptors (Lipinski definition) is 5. The maximum absolute atomic E-state index is 12.7. The molecular formula is C17H20N4O4. The third-order valence-corrected chi connectivity index (χ3v) is 4.12. The summed E-state index contributed by atoms with van der Waals surface area (Å²) in [7, 11) is 0. The summed E-state index contributed by atoms with van der Waals surface area (Å²) in [4.78, 5) is 29.6. The van der Waals surface area contributed by atoms with E-state index in [4.69, 9.17) is 9.84 Å². The number of aryl methyl sites for hydroxylation is 2. The first-order valence-corrected chi connectivity index (χ1v) is 8.06. The van der Waals surface area contributed by atoms with Gasteiger partial charge >= 0.3 is 5.97 Å². The van der Waals surface area contributed by atoms with Gasteiger partial charge in [0, 0.05) is 18.4 Å². The molecule has 25 heavy (non-hydrogen) atoms. The topological polar surface area (TPSA) is 97.5 Å². The molecule has 1 unspecified atom stereocenters. The molecule has 1 saturated heterocycles. The summed E-state index contributed by atoms with van der Waals surface area (Å²) in [6.45, 7) is 4.85. The van der Waals surface area contributed by atoms with Crippen molar-refractivity contribution >= 4 is 11.9 Å². The van der Waals surface area contributed by atoms with Gasteiger partial charge in [-0.05, 0) is 32.0 Å². The number of aromatic nitrogens is 3. The van der Waals surface area contributed by atoms with Gasteiger partial charge in [0.15, 0.2) is 5.82 Å². The number of carboxylic acid groups (broad SMARTS) is 1. The smallest absolute Gasteiger partial charge is 0.305 e. The Labute approximate surface area is 145 Å². The van der Waals surface area contributed by atoms with Crippen LogP contribution >= 0.6 is 0 Å². The van der Waals surface area contributed by atoms with Gasteiger partial charge in [-0.3, -0.25) is 9.59 Å². The van der Waals surface area contributed by atoms with Crippen LogP contribution in [0.2, 0.25) is 0 Å². The SMILES string of the molecule is Cc1cc(C)n(-c2ccc(C(=O)N3CCOCC3CC(=O)O)cn2)n1. The average Bonchev–Trinajstić information content (AvgIpc) is 2.93. The molecule has 1 N–H and O–H groups in total. The average molecular weight is 344 g/mol. The number of carbonyl (C=O) groups is 2. The van der Waals surface area contributed by atoms with Gasteiger partial charge in [-0.25, -0.2) is 9.67 Å². The Kier molecular flexibility index (Phi) is 4.80. The summed E-state index contributed by atoms with van der Waals surface area (Å²) >= 11 is 0. The fraction of sp³-hybridized carbons (Fsp3) is 0.412. The van der Waals surface area contributed by atoms with Crippen LogP contribution in [0.1, 0.15) is 28.2 Å². The van der Waals surface area contributed by atoms with Gasteiger partial charge in [0.25, 0.3) is 5.91 Å². The van der Waals surface area contributed by atoms with Gasteiger partial charge in [-0.1, -0.05) is 0 Å². The first-order valence-electron chi connectivity index (χ1n) is 8.06. The fourth-order valence-corrected chi connectivity index (χ4v) is 2.96. The Morgan fingerprint density at radius 1 is 1.36 bits per heavy atom. The molecule has 1 aliphatic rings. The molecule has 1 fully saturated rings. The molecule has 0 aromatic carbocycles. The maximum atomic E-state index is 12.7. The van der Waals surface area contributed by atoms with Crippen molar-refractivity contribution in [2.75, 3.05) is 19.8 Å². The van der Waals surface area contributed by atoms with Crippen LogP contribution in [0.4, 0.5) is 0 Å². The number of carbonyl (C=O) groups excluding carboxylic acids is 1. The molecule has 3 heterocycles. The second kappa shape index (κ2) is 7.02. The van der Waals surface area contributed by atoms with E-state index in [0.29, 0.717) is 24.5 Å². The fourth-order valence-electron chi connectivity index (χ4n) is 2.96. The van der Waals surface area contributed by atoms with Crippen LogP contribution in [0.15, 0.2) is 24.4 Å². The predicted molar refractivity (Wildman–Crippen MR) is 88.7 cm³/mol. The monoisotopic (exact) mass is 344 g/mol. The van der Waals surface area contributed by atoms with Crippen LogP contribution in [0.25, 0.3) is 5.82 Å². The number of rotatable bonds is 4. The van der Waals surface area contributed by atoms with E-state index >= 15 is 0 Å². The molecule has 0 radical (unpaired) electrons. The summed E-state index contributed by atoms with van der Waals surface area (Å²) < 4.78 is 7.02. The van der Waals surface area contributed by atoms with E-state index < -0.39 is 12.0 Å². The lowest BCUT2D eigenvalue weighted by molar-refractivity contribution is -0.139. The number of amides is 1. The van der Waals surface area contributed by atoms with E-state index in [2.05, 4.69) is 10.1 Å². The summed E-state index contributed by atoms with van der Waals surface area (Å²) in [6.07, 6.45) is 1.37. The van der Waals surface area contributed by atoms with Crippen LogP contribution in [-0.4, -0.2) is 62.4 Å². The lowest BCUT2D eigenvalue weighted by atomic mass is 10.1. The highest BCUT2D eigenvalue weighted by atomic mass is 16.5. The molecule has 132 valence electrons. The van der Waals surface area contributed by atoms with Crippen molar-refractivity contribution in [2.45, 2.75) is 26.3 Å². The Bertz CT molecular complexity index is 784. The summed E-state index contributed by atoms with van der Waals surface area (Å²) in [5, 5.41) is 13.4. The first-order chi connectivity index (χ1) is 12.0. The van der Waals surface area contributed by atoms with Crippen molar-refractivity contribution < 1.29 is 19.4 Å². The number of pyridine rings is 1. The lowest BCUT2D eigenvalue weighted by Gasteiger charge is -2.34. The van der Waals surface area contributed by atoms with Crippen LogP contribution in [0.5, 0.6) is 0 Å². The number of nitrogens with zero attached hydrogens (tertiary/aromatic N) is 4. The van der Waals surface area contributed by atoms with Gasteiger partial charge in [-0.2, -0.15) is 5.10 Å². The molecule has 0 bridgehead atoms. The lowest BCUT2D eigenvalue weighted by Crippen LogP contribution is -2.49. The Balaban J connectivity index is 1.80. The van der Waals surface area contributed by atoms with E-state index in [-0.39, 0.29) is 18.9 Å². The summed E-state index contributed by atoms with van der Waals surface area (Å²) in [5.74, 6) is -0.556. The van der Waals surface area contributed by atoms with Crippen molar-refractivity contribution in [2.24, 2.45) is 0 Å². The molecule has 8 heteroatoms. The normalized spacial score (nSPS) is 17.5. The Morgan fingerprint density at radius 2 is 2.16 bits per heavy atom. The minimum absolute atomic E-state index is 0.136. The van der Waals surface area contributed by atoms with Gasteiger partial charge in [0.1, 0.15) is 0 Å². The molecule has 3 rings (SSSR count). The second-order valence-corrected chi connectivity index (χ2v) is 6.07. The molecule has 8 nitrogen and oxygen atoms in total. The Hall–Kier alpha value is -2.74. The molecule has 1 amide bonds. The summed E-state index contributed by atoms with van der Waals surface area (Å²) in [6, 6.07) is 4.91. The largest absolute Gasteiger partial charge is 0.481 e. The highest BCUT2D eigenvalue weighted by Crippen LogP contribution is 2.16. The molecule has 0 spiro atoms.